The van der Waals surface area contributed by atoms with Gasteiger partial charge >= 0.3 is 0 Å². The Morgan fingerprint density at radius 2 is 1.78 bits per heavy atom. The van der Waals surface area contributed by atoms with Crippen LogP contribution in [0.25, 0.3) is 16.8 Å². The van der Waals surface area contributed by atoms with Crippen molar-refractivity contribution < 1.29 is 17.9 Å². The van der Waals surface area contributed by atoms with Gasteiger partial charge in [0.1, 0.15) is 17.4 Å². The van der Waals surface area contributed by atoms with E-state index in [9.17, 15) is 18.0 Å². The summed E-state index contributed by atoms with van der Waals surface area (Å²) >= 11 is 0. The molecule has 0 spiro atoms. The van der Waals surface area contributed by atoms with Crippen LogP contribution in [0.15, 0.2) is 71.9 Å². The number of nitrogens with one attached hydrogen (secondary N) is 1. The van der Waals surface area contributed by atoms with Crippen molar-refractivity contribution in [1.82, 2.24) is 14.3 Å². The second-order valence-corrected chi connectivity index (χ2v) is 7.01. The Labute approximate surface area is 181 Å². The van der Waals surface area contributed by atoms with E-state index in [4.69, 9.17) is 4.74 Å². The Morgan fingerprint density at radius 1 is 1.06 bits per heavy atom. The van der Waals surface area contributed by atoms with Crippen molar-refractivity contribution in [3.8, 4) is 22.6 Å². The summed E-state index contributed by atoms with van der Waals surface area (Å²) in [5.74, 6) is -1.02. The van der Waals surface area contributed by atoms with E-state index in [1.54, 1.807) is 54.6 Å². The molecule has 6 nitrogen and oxygen atoms in total. The Balaban J connectivity index is 1.75. The lowest BCUT2D eigenvalue weighted by Crippen LogP contribution is -2.19. The SMILES string of the molecule is Cn1cc(-c2cn(-c3ccc(OCF)cc3)c(=O)cc2NCc2c(F)cccc2F)cn1. The lowest BCUT2D eigenvalue weighted by Gasteiger charge is -2.15. The Bertz CT molecular complexity index is 1280. The molecule has 0 unspecified atom stereocenters. The van der Waals surface area contributed by atoms with Crippen LogP contribution in [0, 0.1) is 11.6 Å². The quantitative estimate of drug-likeness (QED) is 0.462. The standard InChI is InChI=1S/C23H19F3N4O2/c1-29-12-15(10-28-29)19-13-30(16-5-7-17(8-6-16)32-14-24)23(31)9-22(19)27-11-18-20(25)3-2-4-21(18)26/h2-10,12-13,27H,11,14H2,1H3. The summed E-state index contributed by atoms with van der Waals surface area (Å²) in [6.07, 6.45) is 5.00. The molecule has 1 N–H and O–H groups in total. The van der Waals surface area contributed by atoms with Gasteiger partial charge in [0.25, 0.3) is 5.56 Å². The fourth-order valence-electron chi connectivity index (χ4n) is 3.32. The summed E-state index contributed by atoms with van der Waals surface area (Å²) in [6, 6.07) is 11.4. The van der Waals surface area contributed by atoms with E-state index in [1.807, 2.05) is 0 Å². The molecular weight excluding hydrogens is 421 g/mol. The van der Waals surface area contributed by atoms with E-state index in [0.717, 1.165) is 0 Å². The maximum atomic E-state index is 14.0. The molecule has 4 rings (SSSR count). The molecule has 2 aromatic carbocycles. The summed E-state index contributed by atoms with van der Waals surface area (Å²) in [5.41, 5.74) is 1.76. The highest BCUT2D eigenvalue weighted by atomic mass is 19.1. The summed E-state index contributed by atoms with van der Waals surface area (Å²) in [6.45, 7) is -1.10. The zero-order valence-corrected chi connectivity index (χ0v) is 17.1. The molecule has 0 aliphatic rings. The molecule has 9 heteroatoms. The van der Waals surface area contributed by atoms with E-state index in [-0.39, 0.29) is 17.7 Å². The van der Waals surface area contributed by atoms with Crippen LogP contribution in [0.5, 0.6) is 5.75 Å². The van der Waals surface area contributed by atoms with Gasteiger partial charge in [0.15, 0.2) is 0 Å². The molecule has 164 valence electrons. The number of hydrogen-bond donors (Lipinski definition) is 1. The molecule has 2 heterocycles. The molecule has 0 aliphatic heterocycles. The number of aromatic nitrogens is 3. The lowest BCUT2D eigenvalue weighted by atomic mass is 10.1. The van der Waals surface area contributed by atoms with E-state index < -0.39 is 18.5 Å². The van der Waals surface area contributed by atoms with Crippen molar-refractivity contribution in [3.63, 3.8) is 0 Å². The minimum atomic E-state index is -0.951. The van der Waals surface area contributed by atoms with Crippen molar-refractivity contribution in [3.05, 3.63) is 94.7 Å². The predicted molar refractivity (Wildman–Crippen MR) is 115 cm³/mol. The zero-order chi connectivity index (χ0) is 22.7. The maximum absolute atomic E-state index is 14.0. The molecule has 32 heavy (non-hydrogen) atoms. The first-order chi connectivity index (χ1) is 15.5. The molecule has 4 aromatic rings. The van der Waals surface area contributed by atoms with Crippen molar-refractivity contribution in [2.24, 2.45) is 7.05 Å². The van der Waals surface area contributed by atoms with Crippen molar-refractivity contribution >= 4 is 5.69 Å². The van der Waals surface area contributed by atoms with Crippen LogP contribution in [0.1, 0.15) is 5.56 Å². The molecule has 0 fully saturated rings. The average Bonchev–Trinajstić information content (AvgIpc) is 3.20. The van der Waals surface area contributed by atoms with Gasteiger partial charge in [-0.1, -0.05) is 6.07 Å². The van der Waals surface area contributed by atoms with Gasteiger partial charge in [0, 0.05) is 60.1 Å². The number of pyridine rings is 1. The number of aryl methyl sites for hydroxylation is 1. The minimum absolute atomic E-state index is 0.128. The molecule has 0 aliphatic carbocycles. The highest BCUT2D eigenvalue weighted by Crippen LogP contribution is 2.28. The van der Waals surface area contributed by atoms with Gasteiger partial charge in [0.2, 0.25) is 6.86 Å². The van der Waals surface area contributed by atoms with Gasteiger partial charge in [-0.3, -0.25) is 14.0 Å². The van der Waals surface area contributed by atoms with Gasteiger partial charge in [-0.05, 0) is 36.4 Å². The number of anilines is 1. The highest BCUT2D eigenvalue weighted by molar-refractivity contribution is 5.76. The minimum Gasteiger partial charge on any atom is -0.463 e. The molecular formula is C23H19F3N4O2. The fraction of sp³-hybridized carbons (Fsp3) is 0.130. The van der Waals surface area contributed by atoms with Gasteiger partial charge in [0.05, 0.1) is 6.20 Å². The van der Waals surface area contributed by atoms with E-state index >= 15 is 0 Å². The smallest absolute Gasteiger partial charge is 0.257 e. The highest BCUT2D eigenvalue weighted by Gasteiger charge is 2.14. The third-order valence-electron chi connectivity index (χ3n) is 4.92. The fourth-order valence-corrected chi connectivity index (χ4v) is 3.32. The van der Waals surface area contributed by atoms with Gasteiger partial charge in [-0.25, -0.2) is 13.2 Å². The van der Waals surface area contributed by atoms with Crippen molar-refractivity contribution in [2.45, 2.75) is 6.54 Å². The summed E-state index contributed by atoms with van der Waals surface area (Å²) in [5, 5.41) is 7.14. The van der Waals surface area contributed by atoms with Crippen LogP contribution in [0.3, 0.4) is 0 Å². The van der Waals surface area contributed by atoms with Crippen LogP contribution in [0.4, 0.5) is 18.9 Å². The number of halogens is 3. The number of rotatable bonds is 7. The van der Waals surface area contributed by atoms with Crippen LogP contribution in [-0.2, 0) is 13.6 Å². The Morgan fingerprint density at radius 3 is 2.41 bits per heavy atom. The monoisotopic (exact) mass is 440 g/mol. The first-order valence-electron chi connectivity index (χ1n) is 9.68. The van der Waals surface area contributed by atoms with Crippen molar-refractivity contribution in [1.29, 1.82) is 0 Å². The van der Waals surface area contributed by atoms with Crippen LogP contribution >= 0.6 is 0 Å². The molecule has 0 radical (unpaired) electrons. The number of hydrogen-bond acceptors (Lipinski definition) is 4. The molecule has 0 atom stereocenters. The topological polar surface area (TPSA) is 61.1 Å². The van der Waals surface area contributed by atoms with Crippen LogP contribution < -0.4 is 15.6 Å². The zero-order valence-electron chi connectivity index (χ0n) is 17.1. The van der Waals surface area contributed by atoms with Crippen molar-refractivity contribution in [2.75, 3.05) is 12.2 Å². The van der Waals surface area contributed by atoms with Gasteiger partial charge in [-0.15, -0.1) is 0 Å². The lowest BCUT2D eigenvalue weighted by molar-refractivity contribution is 0.192. The maximum Gasteiger partial charge on any atom is 0.257 e. The number of ether oxygens (including phenoxy) is 1. The summed E-state index contributed by atoms with van der Waals surface area (Å²) in [7, 11) is 1.75. The molecule has 2 aromatic heterocycles. The third kappa shape index (κ3) is 4.36. The van der Waals surface area contributed by atoms with Crippen LogP contribution in [0.2, 0.25) is 0 Å². The first kappa shape index (κ1) is 21.2. The van der Waals surface area contributed by atoms with E-state index in [0.29, 0.717) is 28.3 Å². The normalized spacial score (nSPS) is 10.9. The molecule has 0 amide bonds. The summed E-state index contributed by atoms with van der Waals surface area (Å²) in [4.78, 5) is 12.8. The third-order valence-corrected chi connectivity index (χ3v) is 4.92. The first-order valence-corrected chi connectivity index (χ1v) is 9.68. The molecule has 0 saturated heterocycles. The number of nitrogens with zero attached hydrogens (tertiary/aromatic N) is 3. The van der Waals surface area contributed by atoms with E-state index in [2.05, 4.69) is 10.4 Å². The average molecular weight is 440 g/mol. The predicted octanol–water partition coefficient (Wildman–Crippen LogP) is 4.43. The number of benzene rings is 2. The second-order valence-electron chi connectivity index (χ2n) is 7.01. The van der Waals surface area contributed by atoms with Gasteiger partial charge in [-0.2, -0.15) is 5.10 Å². The van der Waals surface area contributed by atoms with E-state index in [1.165, 1.54) is 28.8 Å². The Hall–Kier alpha value is -4.01. The molecule has 0 bridgehead atoms. The second kappa shape index (κ2) is 9.01. The Kier molecular flexibility index (Phi) is 5.98. The number of alkyl halides is 1. The van der Waals surface area contributed by atoms with Crippen LogP contribution in [-0.4, -0.2) is 21.2 Å². The van der Waals surface area contributed by atoms with Gasteiger partial charge < -0.3 is 10.1 Å². The molecule has 0 saturated carbocycles. The largest absolute Gasteiger partial charge is 0.463 e. The summed E-state index contributed by atoms with van der Waals surface area (Å²) < 4.78 is 48.3.